The first-order chi connectivity index (χ1) is 7.72. The molecule has 1 unspecified atom stereocenters. The van der Waals surface area contributed by atoms with Gasteiger partial charge in [-0.1, -0.05) is 12.1 Å². The van der Waals surface area contributed by atoms with Gasteiger partial charge in [0.2, 0.25) is 5.91 Å². The average Bonchev–Trinajstić information content (AvgIpc) is 2.33. The van der Waals surface area contributed by atoms with Crippen LogP contribution in [0, 0.1) is 0 Å². The molecule has 1 heterocycles. The monoisotopic (exact) mass is 221 g/mol. The van der Waals surface area contributed by atoms with E-state index in [0.29, 0.717) is 13.0 Å². The summed E-state index contributed by atoms with van der Waals surface area (Å²) in [6.45, 7) is 0.477. The Balaban J connectivity index is 2.25. The van der Waals surface area contributed by atoms with Gasteiger partial charge in [0.1, 0.15) is 5.75 Å². The molecule has 1 aliphatic rings. The lowest BCUT2D eigenvalue weighted by atomic mass is 10.1. The van der Waals surface area contributed by atoms with Gasteiger partial charge >= 0.3 is 0 Å². The first-order valence-corrected chi connectivity index (χ1v) is 5.23. The minimum atomic E-state index is -0.295. The number of hydrogen-bond acceptors (Lipinski definition) is 3. The first-order valence-electron chi connectivity index (χ1n) is 5.23. The average molecular weight is 221 g/mol. The molecule has 0 radical (unpaired) electrons. The van der Waals surface area contributed by atoms with Crippen molar-refractivity contribution in [2.24, 2.45) is 0 Å². The van der Waals surface area contributed by atoms with Crippen LogP contribution in [0.3, 0.4) is 0 Å². The van der Waals surface area contributed by atoms with E-state index in [0.717, 1.165) is 11.3 Å². The molecule has 1 saturated heterocycles. The van der Waals surface area contributed by atoms with Crippen molar-refractivity contribution in [3.63, 3.8) is 0 Å². The molecule has 1 aliphatic heterocycles. The summed E-state index contributed by atoms with van der Waals surface area (Å²) in [5, 5.41) is 0. The molecule has 0 N–H and O–H groups in total. The molecule has 0 saturated carbocycles. The summed E-state index contributed by atoms with van der Waals surface area (Å²) in [5.41, 5.74) is 0.940. The number of nitrogens with zero attached hydrogens (tertiary/aromatic N) is 1. The Morgan fingerprint density at radius 1 is 1.50 bits per heavy atom. The van der Waals surface area contributed by atoms with E-state index in [1.54, 1.807) is 19.1 Å². The summed E-state index contributed by atoms with van der Waals surface area (Å²) >= 11 is 0. The molecule has 86 valence electrons. The smallest absolute Gasteiger partial charge is 0.226 e. The van der Waals surface area contributed by atoms with Crippen molar-refractivity contribution in [1.29, 1.82) is 0 Å². The van der Waals surface area contributed by atoms with E-state index in [9.17, 15) is 4.79 Å². The van der Waals surface area contributed by atoms with Crippen molar-refractivity contribution in [1.82, 2.24) is 4.90 Å². The molecule has 0 aromatic heterocycles. The third-order valence-corrected chi connectivity index (χ3v) is 2.72. The first kappa shape index (κ1) is 11.0. The summed E-state index contributed by atoms with van der Waals surface area (Å²) in [4.78, 5) is 13.2. The molecule has 4 heteroatoms. The Bertz CT molecular complexity index is 392. The van der Waals surface area contributed by atoms with E-state index in [4.69, 9.17) is 9.47 Å². The van der Waals surface area contributed by atoms with Crippen molar-refractivity contribution in [3.8, 4) is 5.75 Å². The molecule has 1 fully saturated rings. The highest BCUT2D eigenvalue weighted by atomic mass is 16.5. The van der Waals surface area contributed by atoms with Crippen LogP contribution in [0.2, 0.25) is 0 Å². The standard InChI is InChI=1S/C12H15NO3/c1-13-11(14)6-7-16-12(13)9-4-3-5-10(8-9)15-2/h3-5,8,12H,6-7H2,1-2H3. The van der Waals surface area contributed by atoms with Crippen molar-refractivity contribution in [2.45, 2.75) is 12.6 Å². The number of hydrogen-bond donors (Lipinski definition) is 0. The molecular weight excluding hydrogens is 206 g/mol. The largest absolute Gasteiger partial charge is 0.497 e. The highest BCUT2D eigenvalue weighted by Gasteiger charge is 2.26. The molecule has 1 atom stereocenters. The second-order valence-corrected chi connectivity index (χ2v) is 3.75. The maximum absolute atomic E-state index is 11.5. The second kappa shape index (κ2) is 4.53. The van der Waals surface area contributed by atoms with Gasteiger partial charge in [-0.05, 0) is 12.1 Å². The summed E-state index contributed by atoms with van der Waals surface area (Å²) in [6.07, 6.45) is 0.160. The molecule has 16 heavy (non-hydrogen) atoms. The summed E-state index contributed by atoms with van der Waals surface area (Å²) in [6, 6.07) is 7.58. The van der Waals surface area contributed by atoms with Crippen LogP contribution in [0.25, 0.3) is 0 Å². The Morgan fingerprint density at radius 2 is 2.31 bits per heavy atom. The number of carbonyl (C=O) groups excluding carboxylic acids is 1. The molecule has 1 aromatic rings. The maximum Gasteiger partial charge on any atom is 0.226 e. The van der Waals surface area contributed by atoms with Gasteiger partial charge in [0.05, 0.1) is 20.1 Å². The fraction of sp³-hybridized carbons (Fsp3) is 0.417. The summed E-state index contributed by atoms with van der Waals surface area (Å²) in [5.74, 6) is 0.881. The minimum Gasteiger partial charge on any atom is -0.497 e. The quantitative estimate of drug-likeness (QED) is 0.761. The van der Waals surface area contributed by atoms with Crippen molar-refractivity contribution >= 4 is 5.91 Å². The van der Waals surface area contributed by atoms with E-state index in [1.807, 2.05) is 24.3 Å². The predicted octanol–water partition coefficient (Wildman–Crippen LogP) is 1.57. The van der Waals surface area contributed by atoms with Gasteiger partial charge in [0, 0.05) is 12.6 Å². The molecule has 1 amide bonds. The fourth-order valence-electron chi connectivity index (χ4n) is 1.79. The molecule has 0 aliphatic carbocycles. The number of methoxy groups -OCH3 is 1. The molecule has 4 nitrogen and oxygen atoms in total. The van der Waals surface area contributed by atoms with Crippen LogP contribution in [-0.2, 0) is 9.53 Å². The van der Waals surface area contributed by atoms with Crippen LogP contribution in [0.1, 0.15) is 18.2 Å². The van der Waals surface area contributed by atoms with Crippen LogP contribution >= 0.6 is 0 Å². The highest BCUT2D eigenvalue weighted by Crippen LogP contribution is 2.27. The lowest BCUT2D eigenvalue weighted by molar-refractivity contribution is -0.157. The Labute approximate surface area is 94.8 Å². The molecule has 2 rings (SSSR count). The van der Waals surface area contributed by atoms with Crippen molar-refractivity contribution in [3.05, 3.63) is 29.8 Å². The Morgan fingerprint density at radius 3 is 3.06 bits per heavy atom. The topological polar surface area (TPSA) is 38.8 Å². The van der Waals surface area contributed by atoms with E-state index < -0.39 is 0 Å². The van der Waals surface area contributed by atoms with Gasteiger partial charge in [0.15, 0.2) is 6.23 Å². The van der Waals surface area contributed by atoms with Crippen molar-refractivity contribution < 1.29 is 14.3 Å². The van der Waals surface area contributed by atoms with Gasteiger partial charge < -0.3 is 14.4 Å². The van der Waals surface area contributed by atoms with Gasteiger partial charge in [0.25, 0.3) is 0 Å². The van der Waals surface area contributed by atoms with E-state index in [2.05, 4.69) is 0 Å². The normalized spacial score (nSPS) is 21.0. The lowest BCUT2D eigenvalue weighted by Gasteiger charge is -2.32. The summed E-state index contributed by atoms with van der Waals surface area (Å²) in [7, 11) is 3.38. The van der Waals surface area contributed by atoms with Gasteiger partial charge in [-0.3, -0.25) is 4.79 Å². The zero-order valence-corrected chi connectivity index (χ0v) is 9.47. The van der Waals surface area contributed by atoms with Crippen LogP contribution in [0.4, 0.5) is 0 Å². The van der Waals surface area contributed by atoms with Crippen LogP contribution in [0.5, 0.6) is 5.75 Å². The maximum atomic E-state index is 11.5. The van der Waals surface area contributed by atoms with Crippen LogP contribution in [0.15, 0.2) is 24.3 Å². The molecule has 0 bridgehead atoms. The van der Waals surface area contributed by atoms with E-state index >= 15 is 0 Å². The van der Waals surface area contributed by atoms with E-state index in [-0.39, 0.29) is 12.1 Å². The SMILES string of the molecule is COc1cccc(C2OCCC(=O)N2C)c1. The highest BCUT2D eigenvalue weighted by molar-refractivity contribution is 5.76. The van der Waals surface area contributed by atoms with Crippen molar-refractivity contribution in [2.75, 3.05) is 20.8 Å². The second-order valence-electron chi connectivity index (χ2n) is 3.75. The van der Waals surface area contributed by atoms with Crippen LogP contribution in [-0.4, -0.2) is 31.6 Å². The van der Waals surface area contributed by atoms with Gasteiger partial charge in [-0.15, -0.1) is 0 Å². The number of amides is 1. The number of carbonyl (C=O) groups is 1. The predicted molar refractivity (Wildman–Crippen MR) is 59.1 cm³/mol. The third kappa shape index (κ3) is 2.02. The lowest BCUT2D eigenvalue weighted by Crippen LogP contribution is -2.38. The zero-order chi connectivity index (χ0) is 11.5. The molecular formula is C12H15NO3. The van der Waals surface area contributed by atoms with Crippen LogP contribution < -0.4 is 4.74 Å². The minimum absolute atomic E-state index is 0.110. The molecule has 0 spiro atoms. The number of rotatable bonds is 2. The number of benzene rings is 1. The zero-order valence-electron chi connectivity index (χ0n) is 9.47. The van der Waals surface area contributed by atoms with Gasteiger partial charge in [-0.2, -0.15) is 0 Å². The van der Waals surface area contributed by atoms with E-state index in [1.165, 1.54) is 0 Å². The number of ether oxygens (including phenoxy) is 2. The summed E-state index contributed by atoms with van der Waals surface area (Å²) < 4.78 is 10.7. The third-order valence-electron chi connectivity index (χ3n) is 2.72. The van der Waals surface area contributed by atoms with Gasteiger partial charge in [-0.25, -0.2) is 0 Å². The fourth-order valence-corrected chi connectivity index (χ4v) is 1.79. The molecule has 1 aromatic carbocycles. The Kier molecular flexibility index (Phi) is 3.10. The Hall–Kier alpha value is -1.55.